The zero-order chi connectivity index (χ0) is 20.4. The van der Waals surface area contributed by atoms with Gasteiger partial charge in [0.15, 0.2) is 0 Å². The molecule has 2 aromatic carbocycles. The van der Waals surface area contributed by atoms with Crippen LogP contribution >= 0.6 is 0 Å². The van der Waals surface area contributed by atoms with Crippen molar-refractivity contribution in [1.29, 1.82) is 0 Å². The van der Waals surface area contributed by atoms with Crippen LogP contribution in [0.2, 0.25) is 0 Å². The monoisotopic (exact) mass is 401 g/mol. The molecule has 2 aromatic rings. The van der Waals surface area contributed by atoms with Gasteiger partial charge in [0.1, 0.15) is 0 Å². The zero-order valence-electron chi connectivity index (χ0n) is 16.2. The standard InChI is InChI=1S/C22H27NO4S/c1-3-4-7-16-21(18-17-19-12-8-5-9-13-19)23(28(2,25)26)27-22(24)20-14-10-6-11-15-20/h3,5-6,8-15,21H,1,4,7,16-18H2,2H3. The number of rotatable bonds is 11. The van der Waals surface area contributed by atoms with Gasteiger partial charge >= 0.3 is 5.97 Å². The van der Waals surface area contributed by atoms with E-state index in [2.05, 4.69) is 6.58 Å². The molecule has 0 amide bonds. The third-order valence-corrected chi connectivity index (χ3v) is 5.39. The van der Waals surface area contributed by atoms with Gasteiger partial charge in [-0.1, -0.05) is 54.6 Å². The van der Waals surface area contributed by atoms with E-state index in [-0.39, 0.29) is 0 Å². The fraction of sp³-hybridized carbons (Fsp3) is 0.318. The Morgan fingerprint density at radius 1 is 1.07 bits per heavy atom. The molecule has 5 nitrogen and oxygen atoms in total. The number of nitrogens with zero attached hydrogens (tertiary/aromatic N) is 1. The van der Waals surface area contributed by atoms with Crippen LogP contribution in [0.25, 0.3) is 0 Å². The summed E-state index contributed by atoms with van der Waals surface area (Å²) in [6.45, 7) is 3.72. The average Bonchev–Trinajstić information content (AvgIpc) is 2.69. The lowest BCUT2D eigenvalue weighted by atomic mass is 10.0. The summed E-state index contributed by atoms with van der Waals surface area (Å²) < 4.78 is 25.7. The number of hydroxylamine groups is 1. The molecule has 6 heteroatoms. The molecule has 0 heterocycles. The molecular weight excluding hydrogens is 374 g/mol. The fourth-order valence-electron chi connectivity index (χ4n) is 2.95. The second kappa shape index (κ2) is 10.8. The van der Waals surface area contributed by atoms with Crippen LogP contribution in [-0.2, 0) is 21.3 Å². The summed E-state index contributed by atoms with van der Waals surface area (Å²) in [5, 5.41) is 0. The normalized spacial score (nSPS) is 12.5. The van der Waals surface area contributed by atoms with Gasteiger partial charge in [-0.25, -0.2) is 13.2 Å². The van der Waals surface area contributed by atoms with Crippen LogP contribution in [0.5, 0.6) is 0 Å². The zero-order valence-corrected chi connectivity index (χ0v) is 17.0. The van der Waals surface area contributed by atoms with Crippen molar-refractivity contribution in [2.24, 2.45) is 0 Å². The molecule has 0 aliphatic heterocycles. The third kappa shape index (κ3) is 6.94. The Balaban J connectivity index is 2.19. The van der Waals surface area contributed by atoms with Crippen molar-refractivity contribution in [2.75, 3.05) is 6.26 Å². The van der Waals surface area contributed by atoms with Gasteiger partial charge in [-0.2, -0.15) is 0 Å². The molecule has 0 aromatic heterocycles. The molecule has 0 saturated heterocycles. The van der Waals surface area contributed by atoms with Crippen LogP contribution in [0.3, 0.4) is 0 Å². The van der Waals surface area contributed by atoms with Crippen molar-refractivity contribution >= 4 is 16.0 Å². The minimum absolute atomic E-state index is 0.309. The third-order valence-electron chi connectivity index (χ3n) is 4.36. The first kappa shape index (κ1) is 21.9. The molecule has 0 spiro atoms. The number of allylic oxidation sites excluding steroid dienone is 1. The lowest BCUT2D eigenvalue weighted by molar-refractivity contribution is -0.0715. The summed E-state index contributed by atoms with van der Waals surface area (Å²) in [5.41, 5.74) is 1.42. The van der Waals surface area contributed by atoms with Crippen LogP contribution in [0.4, 0.5) is 0 Å². The van der Waals surface area contributed by atoms with Gasteiger partial charge in [0.25, 0.3) is 0 Å². The lowest BCUT2D eigenvalue weighted by Crippen LogP contribution is -2.41. The first-order valence-corrected chi connectivity index (χ1v) is 11.2. The van der Waals surface area contributed by atoms with Gasteiger partial charge < -0.3 is 4.84 Å². The molecule has 0 radical (unpaired) electrons. The van der Waals surface area contributed by atoms with Gasteiger partial charge in [-0.3, -0.25) is 0 Å². The first-order chi connectivity index (χ1) is 13.4. The molecule has 2 rings (SSSR count). The predicted octanol–water partition coefficient (Wildman–Crippen LogP) is 4.38. The molecule has 1 unspecified atom stereocenters. The minimum Gasteiger partial charge on any atom is -0.348 e. The van der Waals surface area contributed by atoms with Crippen molar-refractivity contribution in [3.05, 3.63) is 84.4 Å². The van der Waals surface area contributed by atoms with E-state index in [1.54, 1.807) is 36.4 Å². The Morgan fingerprint density at radius 3 is 2.25 bits per heavy atom. The number of aryl methyl sites for hydroxylation is 1. The molecule has 0 bridgehead atoms. The number of unbranched alkanes of at least 4 members (excludes halogenated alkanes) is 1. The predicted molar refractivity (Wildman–Crippen MR) is 111 cm³/mol. The van der Waals surface area contributed by atoms with Crippen LogP contribution in [0.15, 0.2) is 73.3 Å². The van der Waals surface area contributed by atoms with E-state index in [4.69, 9.17) is 4.84 Å². The highest BCUT2D eigenvalue weighted by molar-refractivity contribution is 7.88. The van der Waals surface area contributed by atoms with Crippen LogP contribution < -0.4 is 0 Å². The topological polar surface area (TPSA) is 63.7 Å². The minimum atomic E-state index is -3.74. The maximum atomic E-state index is 12.5. The molecule has 150 valence electrons. The van der Waals surface area contributed by atoms with Crippen molar-refractivity contribution in [3.63, 3.8) is 0 Å². The highest BCUT2D eigenvalue weighted by atomic mass is 32.2. The number of hydrogen-bond donors (Lipinski definition) is 0. The Kier molecular flexibility index (Phi) is 8.42. The van der Waals surface area contributed by atoms with Crippen LogP contribution in [-0.4, -0.2) is 31.2 Å². The quantitative estimate of drug-likeness (QED) is 0.318. The smallest absolute Gasteiger partial charge is 0.348 e. The van der Waals surface area contributed by atoms with Crippen LogP contribution in [0, 0.1) is 0 Å². The van der Waals surface area contributed by atoms with Crippen molar-refractivity contribution in [2.45, 2.75) is 38.1 Å². The second-order valence-corrected chi connectivity index (χ2v) is 8.49. The molecule has 1 atom stereocenters. The highest BCUT2D eigenvalue weighted by Crippen LogP contribution is 2.20. The van der Waals surface area contributed by atoms with Gasteiger partial charge in [0, 0.05) is 0 Å². The van der Waals surface area contributed by atoms with E-state index < -0.39 is 22.0 Å². The lowest BCUT2D eigenvalue weighted by Gasteiger charge is -2.28. The number of hydrogen-bond acceptors (Lipinski definition) is 4. The maximum absolute atomic E-state index is 12.5. The maximum Gasteiger partial charge on any atom is 0.357 e. The Hall–Kier alpha value is -2.44. The number of carbonyl (C=O) groups excluding carboxylic acids is 1. The van der Waals surface area contributed by atoms with E-state index in [9.17, 15) is 13.2 Å². The second-order valence-electron chi connectivity index (χ2n) is 6.66. The SMILES string of the molecule is C=CCCCC(CCc1ccccc1)N(OC(=O)c1ccccc1)S(C)(=O)=O. The molecule has 0 saturated carbocycles. The van der Waals surface area contributed by atoms with Gasteiger partial charge in [-0.15, -0.1) is 6.58 Å². The van der Waals surface area contributed by atoms with E-state index in [0.29, 0.717) is 24.8 Å². The van der Waals surface area contributed by atoms with E-state index >= 15 is 0 Å². The highest BCUT2D eigenvalue weighted by Gasteiger charge is 2.31. The summed E-state index contributed by atoms with van der Waals surface area (Å²) in [7, 11) is -3.74. The average molecular weight is 402 g/mol. The molecule has 0 aliphatic rings. The fourth-order valence-corrected chi connectivity index (χ4v) is 3.91. The van der Waals surface area contributed by atoms with E-state index in [1.807, 2.05) is 30.3 Å². The number of benzene rings is 2. The Morgan fingerprint density at radius 2 is 1.68 bits per heavy atom. The summed E-state index contributed by atoms with van der Waals surface area (Å²) in [5.74, 6) is -0.681. The van der Waals surface area contributed by atoms with Crippen molar-refractivity contribution < 1.29 is 18.0 Å². The summed E-state index contributed by atoms with van der Waals surface area (Å²) >= 11 is 0. The Labute approximate surface area is 167 Å². The molecule has 0 aliphatic carbocycles. The van der Waals surface area contributed by atoms with E-state index in [1.165, 1.54) is 0 Å². The summed E-state index contributed by atoms with van der Waals surface area (Å²) in [4.78, 5) is 17.8. The summed E-state index contributed by atoms with van der Waals surface area (Å²) in [6, 6.07) is 17.8. The largest absolute Gasteiger partial charge is 0.357 e. The number of sulfonamides is 1. The van der Waals surface area contributed by atoms with Gasteiger partial charge in [0.2, 0.25) is 10.0 Å². The molecule has 28 heavy (non-hydrogen) atoms. The molecular formula is C22H27NO4S. The molecule has 0 N–H and O–H groups in total. The van der Waals surface area contributed by atoms with Gasteiger partial charge in [-0.05, 0) is 54.3 Å². The molecule has 0 fully saturated rings. The van der Waals surface area contributed by atoms with Gasteiger partial charge in [0.05, 0.1) is 17.9 Å². The first-order valence-electron chi connectivity index (χ1n) is 9.33. The van der Waals surface area contributed by atoms with Crippen molar-refractivity contribution in [1.82, 2.24) is 4.47 Å². The summed E-state index contributed by atoms with van der Waals surface area (Å²) in [6.07, 6.45) is 6.21. The van der Waals surface area contributed by atoms with E-state index in [0.717, 1.165) is 29.1 Å². The Bertz CT molecular complexity index is 851. The van der Waals surface area contributed by atoms with Crippen LogP contribution in [0.1, 0.15) is 41.6 Å². The number of carbonyl (C=O) groups is 1. The van der Waals surface area contributed by atoms with Crippen molar-refractivity contribution in [3.8, 4) is 0 Å².